The maximum Gasteiger partial charge on any atom is 0.258 e. The molecule has 0 unspecified atom stereocenters. The van der Waals surface area contributed by atoms with Crippen molar-refractivity contribution in [3.63, 3.8) is 0 Å². The van der Waals surface area contributed by atoms with Crippen LogP contribution in [0.1, 0.15) is 11.1 Å². The Bertz CT molecular complexity index is 1400. The van der Waals surface area contributed by atoms with Gasteiger partial charge in [0.25, 0.3) is 5.91 Å². The van der Waals surface area contributed by atoms with Gasteiger partial charge < -0.3 is 20.4 Å². The number of amides is 2. The van der Waals surface area contributed by atoms with Crippen molar-refractivity contribution < 1.29 is 9.59 Å². The molecule has 0 spiro atoms. The lowest BCUT2D eigenvalue weighted by molar-refractivity contribution is -0.119. The molecule has 7 nitrogen and oxygen atoms in total. The van der Waals surface area contributed by atoms with E-state index in [1.54, 1.807) is 24.1 Å². The summed E-state index contributed by atoms with van der Waals surface area (Å²) in [5, 5.41) is 6.96. The Morgan fingerprint density at radius 2 is 1.79 bits per heavy atom. The molecule has 1 saturated heterocycles. The number of likely N-dealkylation sites (N-methyl/N-ethyl adjacent to an activating group) is 2. The van der Waals surface area contributed by atoms with Crippen LogP contribution in [0.2, 0.25) is 5.02 Å². The highest BCUT2D eigenvalue weighted by atomic mass is 79.9. The molecule has 0 aliphatic carbocycles. The molecule has 38 heavy (non-hydrogen) atoms. The number of fused-ring (bicyclic) bond motifs is 1. The zero-order chi connectivity index (χ0) is 26.8. The molecule has 0 radical (unpaired) electrons. The van der Waals surface area contributed by atoms with E-state index in [1.165, 1.54) is 0 Å². The van der Waals surface area contributed by atoms with Crippen LogP contribution in [0.5, 0.6) is 0 Å². The van der Waals surface area contributed by atoms with Crippen LogP contribution in [0.3, 0.4) is 0 Å². The molecule has 2 N–H and O–H groups in total. The fraction of sp³-hybridized carbons (Fsp3) is 0.241. The van der Waals surface area contributed by atoms with Gasteiger partial charge >= 0.3 is 0 Å². The van der Waals surface area contributed by atoms with Crippen LogP contribution in [0.25, 0.3) is 11.3 Å². The topological polar surface area (TPSA) is 67.9 Å². The molecule has 9 heteroatoms. The molecule has 0 bridgehead atoms. The molecule has 0 atom stereocenters. The number of piperazine rings is 1. The van der Waals surface area contributed by atoms with Gasteiger partial charge in [-0.05, 0) is 58.9 Å². The van der Waals surface area contributed by atoms with Gasteiger partial charge in [-0.2, -0.15) is 0 Å². The minimum absolute atomic E-state index is 0.0425. The Kier molecular flexibility index (Phi) is 7.85. The fourth-order valence-electron chi connectivity index (χ4n) is 4.72. The number of carbonyl (C=O) groups is 2. The summed E-state index contributed by atoms with van der Waals surface area (Å²) in [6.07, 6.45) is 0. The smallest absolute Gasteiger partial charge is 0.258 e. The van der Waals surface area contributed by atoms with Crippen molar-refractivity contribution in [3.8, 4) is 0 Å². The van der Waals surface area contributed by atoms with Crippen LogP contribution in [0, 0.1) is 0 Å². The Labute approximate surface area is 236 Å². The Morgan fingerprint density at radius 1 is 1.05 bits per heavy atom. The van der Waals surface area contributed by atoms with Gasteiger partial charge in [0.2, 0.25) is 5.91 Å². The van der Waals surface area contributed by atoms with Gasteiger partial charge in [0, 0.05) is 54.0 Å². The number of hydrogen-bond acceptors (Lipinski definition) is 5. The molecule has 3 aromatic carbocycles. The SMILES string of the molecule is CN1CCN(CC(=O)N(C)c2ccc(N/C(=C3\C(=O)Nc4cc(Cl)ccc43)c3ccccc3)cc2Br)CC1. The molecule has 196 valence electrons. The molecule has 2 amide bonds. The summed E-state index contributed by atoms with van der Waals surface area (Å²) >= 11 is 9.83. The molecule has 3 aromatic rings. The normalized spacial score (nSPS) is 17.1. The molecular formula is C29H29BrClN5O2. The summed E-state index contributed by atoms with van der Waals surface area (Å²) in [6.45, 7) is 4.10. The van der Waals surface area contributed by atoms with Crippen molar-refractivity contribution in [1.82, 2.24) is 9.80 Å². The zero-order valence-electron chi connectivity index (χ0n) is 21.3. The van der Waals surface area contributed by atoms with E-state index in [9.17, 15) is 9.59 Å². The van der Waals surface area contributed by atoms with Crippen molar-refractivity contribution in [2.45, 2.75) is 0 Å². The zero-order valence-corrected chi connectivity index (χ0v) is 23.6. The van der Waals surface area contributed by atoms with E-state index in [4.69, 9.17) is 11.6 Å². The summed E-state index contributed by atoms with van der Waals surface area (Å²) in [7, 11) is 3.90. The predicted molar refractivity (Wildman–Crippen MR) is 158 cm³/mol. The van der Waals surface area contributed by atoms with E-state index in [2.05, 4.69) is 43.4 Å². The van der Waals surface area contributed by atoms with Crippen LogP contribution < -0.4 is 15.5 Å². The monoisotopic (exact) mass is 593 g/mol. The summed E-state index contributed by atoms with van der Waals surface area (Å²) < 4.78 is 0.775. The lowest BCUT2D eigenvalue weighted by Gasteiger charge is -2.33. The molecule has 5 rings (SSSR count). The molecule has 0 saturated carbocycles. The second-order valence-corrected chi connectivity index (χ2v) is 10.9. The first-order valence-electron chi connectivity index (χ1n) is 12.4. The van der Waals surface area contributed by atoms with E-state index in [0.717, 1.165) is 53.2 Å². The molecule has 2 heterocycles. The first kappa shape index (κ1) is 26.4. The second kappa shape index (κ2) is 11.3. The molecule has 0 aromatic heterocycles. The van der Waals surface area contributed by atoms with E-state index >= 15 is 0 Å². The van der Waals surface area contributed by atoms with Crippen LogP contribution in [0.15, 0.2) is 71.2 Å². The number of nitrogens with one attached hydrogen (secondary N) is 2. The van der Waals surface area contributed by atoms with Crippen LogP contribution in [-0.2, 0) is 9.59 Å². The van der Waals surface area contributed by atoms with Crippen molar-refractivity contribution >= 4 is 67.7 Å². The number of anilines is 3. The Morgan fingerprint density at radius 3 is 2.50 bits per heavy atom. The lowest BCUT2D eigenvalue weighted by atomic mass is 10.00. The maximum atomic E-state index is 13.1. The maximum absolute atomic E-state index is 13.1. The second-order valence-electron chi connectivity index (χ2n) is 9.58. The third-order valence-electron chi connectivity index (χ3n) is 6.95. The van der Waals surface area contributed by atoms with Crippen LogP contribution in [0.4, 0.5) is 17.1 Å². The summed E-state index contributed by atoms with van der Waals surface area (Å²) in [4.78, 5) is 32.3. The highest BCUT2D eigenvalue weighted by molar-refractivity contribution is 9.10. The predicted octanol–water partition coefficient (Wildman–Crippen LogP) is 5.25. The average molecular weight is 595 g/mol. The van der Waals surface area contributed by atoms with Crippen molar-refractivity contribution in [2.75, 3.05) is 62.4 Å². The van der Waals surface area contributed by atoms with Gasteiger partial charge in [-0.3, -0.25) is 14.5 Å². The summed E-state index contributed by atoms with van der Waals surface area (Å²) in [6, 6.07) is 20.9. The third kappa shape index (κ3) is 5.63. The minimum atomic E-state index is -0.196. The standard InChI is InChI=1S/C29H29BrClN5O2/c1-34-12-14-36(15-13-34)18-26(37)35(2)25-11-9-21(17-23(25)30)32-28(19-6-4-3-5-7-19)27-22-10-8-20(31)16-24(22)33-29(27)38/h3-11,16-17,32H,12-15,18H2,1-2H3,(H,33,38)/b28-27-. The van der Waals surface area contributed by atoms with Crippen molar-refractivity contribution in [1.29, 1.82) is 0 Å². The van der Waals surface area contributed by atoms with Gasteiger partial charge in [0.15, 0.2) is 0 Å². The largest absolute Gasteiger partial charge is 0.354 e. The van der Waals surface area contributed by atoms with E-state index in [0.29, 0.717) is 28.5 Å². The molecule has 2 aliphatic heterocycles. The highest BCUT2D eigenvalue weighted by Gasteiger charge is 2.29. The third-order valence-corrected chi connectivity index (χ3v) is 7.82. The quantitative estimate of drug-likeness (QED) is 0.382. The lowest BCUT2D eigenvalue weighted by Crippen LogP contribution is -2.48. The van der Waals surface area contributed by atoms with Gasteiger partial charge in [0.1, 0.15) is 0 Å². The van der Waals surface area contributed by atoms with Gasteiger partial charge in [-0.1, -0.05) is 48.0 Å². The highest BCUT2D eigenvalue weighted by Crippen LogP contribution is 2.39. The number of nitrogens with zero attached hydrogens (tertiary/aromatic N) is 3. The summed E-state index contributed by atoms with van der Waals surface area (Å²) in [5.41, 5.74) is 5.13. The first-order chi connectivity index (χ1) is 18.3. The van der Waals surface area contributed by atoms with Crippen molar-refractivity contribution in [2.24, 2.45) is 0 Å². The Hall–Kier alpha value is -3.17. The molecular weight excluding hydrogens is 566 g/mol. The van der Waals surface area contributed by atoms with Gasteiger partial charge in [-0.25, -0.2) is 0 Å². The number of benzene rings is 3. The fourth-order valence-corrected chi connectivity index (χ4v) is 5.53. The molecule has 1 fully saturated rings. The van der Waals surface area contributed by atoms with Crippen LogP contribution >= 0.6 is 27.5 Å². The minimum Gasteiger partial charge on any atom is -0.354 e. The van der Waals surface area contributed by atoms with Gasteiger partial charge in [0.05, 0.1) is 29.2 Å². The van der Waals surface area contributed by atoms with E-state index in [1.807, 2.05) is 54.6 Å². The van der Waals surface area contributed by atoms with E-state index in [-0.39, 0.29) is 11.8 Å². The van der Waals surface area contributed by atoms with E-state index < -0.39 is 0 Å². The average Bonchev–Trinajstić information content (AvgIpc) is 3.23. The Balaban J connectivity index is 1.42. The van der Waals surface area contributed by atoms with Gasteiger partial charge in [-0.15, -0.1) is 0 Å². The first-order valence-corrected chi connectivity index (χ1v) is 13.6. The number of halogens is 2. The summed E-state index contributed by atoms with van der Waals surface area (Å²) in [5.74, 6) is -0.153. The van der Waals surface area contributed by atoms with Crippen LogP contribution in [-0.4, -0.2) is 68.4 Å². The number of hydrogen-bond donors (Lipinski definition) is 2. The number of rotatable bonds is 6. The molecule has 2 aliphatic rings. The van der Waals surface area contributed by atoms with Crippen molar-refractivity contribution in [3.05, 3.63) is 87.4 Å². The number of carbonyl (C=O) groups excluding carboxylic acids is 2.